The van der Waals surface area contributed by atoms with Crippen LogP contribution >= 0.6 is 0 Å². The van der Waals surface area contributed by atoms with Gasteiger partial charge < -0.3 is 25.6 Å². The first-order valence-electron chi connectivity index (χ1n) is 6.32. The predicted octanol–water partition coefficient (Wildman–Crippen LogP) is 2.66. The Bertz CT molecular complexity index is 742. The highest BCUT2D eigenvalue weighted by molar-refractivity contribution is 6.01. The number of methoxy groups -OCH3 is 1. The van der Waals surface area contributed by atoms with Crippen molar-refractivity contribution in [3.05, 3.63) is 46.5 Å². The monoisotopic (exact) mass is 319 g/mol. The molecule has 0 spiro atoms. The molecule has 23 heavy (non-hydrogen) atoms. The first kappa shape index (κ1) is 15.9. The standard InChI is InChI=1S/C14H13N3O6/c1-23-13-3-2-9(17(21)22)6-12(13)16-14(20)15-8-4-10(18)7-11(19)5-8/h2-7,18-19H,1H3,(H2,15,16,20). The van der Waals surface area contributed by atoms with Gasteiger partial charge in [0.05, 0.1) is 17.7 Å². The number of aromatic hydroxyl groups is 2. The Morgan fingerprint density at radius 3 is 2.35 bits per heavy atom. The molecule has 0 saturated heterocycles. The number of phenolic OH excluding ortho intramolecular Hbond substituents is 2. The van der Waals surface area contributed by atoms with Crippen molar-refractivity contribution in [3.63, 3.8) is 0 Å². The third-order valence-corrected chi connectivity index (χ3v) is 2.80. The van der Waals surface area contributed by atoms with Crippen molar-refractivity contribution < 1.29 is 24.7 Å². The number of amides is 2. The first-order valence-corrected chi connectivity index (χ1v) is 6.32. The summed E-state index contributed by atoms with van der Waals surface area (Å²) in [5, 5.41) is 34.3. The van der Waals surface area contributed by atoms with Gasteiger partial charge in [-0.2, -0.15) is 0 Å². The van der Waals surface area contributed by atoms with E-state index in [0.29, 0.717) is 0 Å². The number of benzene rings is 2. The van der Waals surface area contributed by atoms with Crippen LogP contribution in [0.5, 0.6) is 17.2 Å². The van der Waals surface area contributed by atoms with Gasteiger partial charge in [0.2, 0.25) is 0 Å². The number of nitrogens with one attached hydrogen (secondary N) is 2. The van der Waals surface area contributed by atoms with Crippen LogP contribution in [0.2, 0.25) is 0 Å². The Balaban J connectivity index is 2.19. The molecule has 0 aliphatic carbocycles. The van der Waals surface area contributed by atoms with Gasteiger partial charge in [-0.05, 0) is 6.07 Å². The second-order valence-corrected chi connectivity index (χ2v) is 4.46. The molecule has 0 aromatic heterocycles. The largest absolute Gasteiger partial charge is 0.508 e. The van der Waals surface area contributed by atoms with Crippen LogP contribution in [-0.2, 0) is 0 Å². The average molecular weight is 319 g/mol. The molecule has 2 aromatic carbocycles. The third kappa shape index (κ3) is 4.00. The minimum absolute atomic E-state index is 0.101. The second kappa shape index (κ2) is 6.52. The van der Waals surface area contributed by atoms with Crippen LogP contribution in [0.3, 0.4) is 0 Å². The minimum Gasteiger partial charge on any atom is -0.508 e. The Labute approximate surface area is 130 Å². The Hall–Kier alpha value is -3.49. The number of anilines is 2. The quantitative estimate of drug-likeness (QED) is 0.505. The maximum atomic E-state index is 11.9. The summed E-state index contributed by atoms with van der Waals surface area (Å²) in [5.74, 6) is -0.217. The van der Waals surface area contributed by atoms with Crippen LogP contribution in [-0.4, -0.2) is 28.3 Å². The number of nitro benzene ring substituents is 1. The summed E-state index contributed by atoms with van der Waals surface area (Å²) in [6.45, 7) is 0. The Kier molecular flexibility index (Phi) is 4.50. The molecule has 4 N–H and O–H groups in total. The van der Waals surface area contributed by atoms with E-state index in [4.69, 9.17) is 4.74 Å². The summed E-state index contributed by atoms with van der Waals surface area (Å²) >= 11 is 0. The zero-order chi connectivity index (χ0) is 17.0. The van der Waals surface area contributed by atoms with Crippen molar-refractivity contribution in [2.45, 2.75) is 0 Å². The number of ether oxygens (including phenoxy) is 1. The van der Waals surface area contributed by atoms with E-state index in [-0.39, 0.29) is 34.3 Å². The molecule has 120 valence electrons. The molecule has 0 bridgehead atoms. The molecule has 0 saturated carbocycles. The molecular weight excluding hydrogens is 306 g/mol. The summed E-state index contributed by atoms with van der Waals surface area (Å²) in [4.78, 5) is 22.1. The number of urea groups is 1. The molecule has 0 radical (unpaired) electrons. The van der Waals surface area contributed by atoms with E-state index >= 15 is 0 Å². The van der Waals surface area contributed by atoms with Gasteiger partial charge in [0.1, 0.15) is 17.2 Å². The number of non-ortho nitro benzene ring substituents is 1. The Morgan fingerprint density at radius 1 is 1.13 bits per heavy atom. The number of hydrogen-bond donors (Lipinski definition) is 4. The molecule has 0 heterocycles. The van der Waals surface area contributed by atoms with Gasteiger partial charge in [0, 0.05) is 36.0 Å². The topological polar surface area (TPSA) is 134 Å². The van der Waals surface area contributed by atoms with Gasteiger partial charge in [-0.25, -0.2) is 4.79 Å². The normalized spacial score (nSPS) is 9.96. The lowest BCUT2D eigenvalue weighted by atomic mass is 10.2. The molecule has 0 atom stereocenters. The lowest BCUT2D eigenvalue weighted by Gasteiger charge is -2.11. The van der Waals surface area contributed by atoms with Crippen LogP contribution in [0.25, 0.3) is 0 Å². The fraction of sp³-hybridized carbons (Fsp3) is 0.0714. The van der Waals surface area contributed by atoms with E-state index in [2.05, 4.69) is 10.6 Å². The summed E-state index contributed by atoms with van der Waals surface area (Å²) in [6, 6.07) is 6.58. The minimum atomic E-state index is -0.728. The highest BCUT2D eigenvalue weighted by Crippen LogP contribution is 2.29. The molecule has 0 fully saturated rings. The van der Waals surface area contributed by atoms with Crippen molar-refractivity contribution in [2.75, 3.05) is 17.7 Å². The number of carbonyl (C=O) groups excluding carboxylic acids is 1. The maximum absolute atomic E-state index is 11.9. The zero-order valence-corrected chi connectivity index (χ0v) is 11.9. The van der Waals surface area contributed by atoms with Gasteiger partial charge in [-0.1, -0.05) is 0 Å². The summed E-state index contributed by atoms with van der Waals surface area (Å²) < 4.78 is 5.02. The van der Waals surface area contributed by atoms with E-state index in [0.717, 1.165) is 12.1 Å². The average Bonchev–Trinajstić information content (AvgIpc) is 2.45. The second-order valence-electron chi connectivity index (χ2n) is 4.46. The van der Waals surface area contributed by atoms with E-state index in [1.54, 1.807) is 0 Å². The number of hydrogen-bond acceptors (Lipinski definition) is 6. The third-order valence-electron chi connectivity index (χ3n) is 2.80. The van der Waals surface area contributed by atoms with Crippen LogP contribution in [0.15, 0.2) is 36.4 Å². The van der Waals surface area contributed by atoms with Crippen molar-refractivity contribution >= 4 is 23.1 Å². The zero-order valence-electron chi connectivity index (χ0n) is 11.9. The van der Waals surface area contributed by atoms with E-state index in [1.807, 2.05) is 0 Å². The van der Waals surface area contributed by atoms with Crippen molar-refractivity contribution in [3.8, 4) is 17.2 Å². The smallest absolute Gasteiger partial charge is 0.323 e. The van der Waals surface area contributed by atoms with Crippen molar-refractivity contribution in [2.24, 2.45) is 0 Å². The molecular formula is C14H13N3O6. The van der Waals surface area contributed by atoms with E-state index in [1.165, 1.54) is 31.4 Å². The Morgan fingerprint density at radius 2 is 1.78 bits per heavy atom. The highest BCUT2D eigenvalue weighted by atomic mass is 16.6. The summed E-state index contributed by atoms with van der Waals surface area (Å²) in [6.07, 6.45) is 0. The van der Waals surface area contributed by atoms with Crippen molar-refractivity contribution in [1.82, 2.24) is 0 Å². The SMILES string of the molecule is COc1ccc([N+](=O)[O-])cc1NC(=O)Nc1cc(O)cc(O)c1. The maximum Gasteiger partial charge on any atom is 0.323 e. The molecule has 9 nitrogen and oxygen atoms in total. The number of rotatable bonds is 4. The fourth-order valence-corrected chi connectivity index (χ4v) is 1.86. The van der Waals surface area contributed by atoms with Gasteiger partial charge in [0.15, 0.2) is 0 Å². The van der Waals surface area contributed by atoms with Gasteiger partial charge in [0.25, 0.3) is 5.69 Å². The summed E-state index contributed by atoms with van der Waals surface area (Å²) in [7, 11) is 1.36. The van der Waals surface area contributed by atoms with Crippen LogP contribution in [0.4, 0.5) is 21.9 Å². The van der Waals surface area contributed by atoms with E-state index in [9.17, 15) is 25.1 Å². The highest BCUT2D eigenvalue weighted by Gasteiger charge is 2.14. The molecule has 0 aliphatic heterocycles. The summed E-state index contributed by atoms with van der Waals surface area (Å²) in [5.41, 5.74) is 0.0315. The number of nitro groups is 1. The molecule has 0 aliphatic rings. The van der Waals surface area contributed by atoms with Gasteiger partial charge >= 0.3 is 6.03 Å². The lowest BCUT2D eigenvalue weighted by Crippen LogP contribution is -2.19. The molecule has 2 aromatic rings. The fourth-order valence-electron chi connectivity index (χ4n) is 1.86. The first-order chi connectivity index (χ1) is 10.9. The number of phenols is 2. The lowest BCUT2D eigenvalue weighted by molar-refractivity contribution is -0.384. The van der Waals surface area contributed by atoms with Gasteiger partial charge in [-0.3, -0.25) is 10.1 Å². The molecule has 2 rings (SSSR count). The number of carbonyl (C=O) groups is 1. The van der Waals surface area contributed by atoms with Gasteiger partial charge in [-0.15, -0.1) is 0 Å². The molecule has 9 heteroatoms. The number of nitrogens with zero attached hydrogens (tertiary/aromatic N) is 1. The predicted molar refractivity (Wildman–Crippen MR) is 82.1 cm³/mol. The van der Waals surface area contributed by atoms with E-state index < -0.39 is 11.0 Å². The van der Waals surface area contributed by atoms with Crippen LogP contribution in [0.1, 0.15) is 0 Å². The van der Waals surface area contributed by atoms with Crippen LogP contribution in [0, 0.1) is 10.1 Å². The van der Waals surface area contributed by atoms with Crippen molar-refractivity contribution in [1.29, 1.82) is 0 Å². The van der Waals surface area contributed by atoms with Crippen LogP contribution < -0.4 is 15.4 Å². The molecule has 2 amide bonds. The molecule has 0 unspecified atom stereocenters.